The lowest BCUT2D eigenvalue weighted by Gasteiger charge is -2.19. The van der Waals surface area contributed by atoms with Crippen molar-refractivity contribution in [3.63, 3.8) is 0 Å². The number of hydrogen-bond acceptors (Lipinski definition) is 6. The standard InChI is InChI=1S/C17H19FN4O2S/c1-9-10(2)21-22-17-13(9)14(19)15(25-17)16(23)20-7-11-3-5-12(6-4-11)24-8-18/h3-6,21-22H,7-8,19H2,1-2H3,(H,20,23). The third kappa shape index (κ3) is 3.39. The highest BCUT2D eigenvalue weighted by atomic mass is 32.1. The molecule has 0 radical (unpaired) electrons. The van der Waals surface area contributed by atoms with Crippen LogP contribution in [0.3, 0.4) is 0 Å². The number of rotatable bonds is 5. The van der Waals surface area contributed by atoms with E-state index in [1.807, 2.05) is 13.8 Å². The molecule has 0 fully saturated rings. The molecule has 0 saturated heterocycles. The first-order chi connectivity index (χ1) is 12.0. The fraction of sp³-hybridized carbons (Fsp3) is 0.235. The van der Waals surface area contributed by atoms with Crippen LogP contribution in [0.1, 0.15) is 34.6 Å². The molecule has 25 heavy (non-hydrogen) atoms. The van der Waals surface area contributed by atoms with Crippen molar-refractivity contribution in [2.45, 2.75) is 20.4 Å². The number of fused-ring (bicyclic) bond motifs is 1. The first kappa shape index (κ1) is 17.1. The molecule has 2 aromatic rings. The van der Waals surface area contributed by atoms with E-state index in [-0.39, 0.29) is 5.91 Å². The Morgan fingerprint density at radius 2 is 2.00 bits per heavy atom. The van der Waals surface area contributed by atoms with Crippen molar-refractivity contribution in [1.82, 2.24) is 10.7 Å². The van der Waals surface area contributed by atoms with Gasteiger partial charge < -0.3 is 21.2 Å². The molecule has 2 heterocycles. The molecule has 0 bridgehead atoms. The number of carbonyl (C=O) groups is 1. The van der Waals surface area contributed by atoms with E-state index in [4.69, 9.17) is 10.5 Å². The minimum atomic E-state index is -0.866. The molecule has 3 rings (SSSR count). The van der Waals surface area contributed by atoms with Crippen LogP contribution in [-0.4, -0.2) is 12.8 Å². The zero-order valence-electron chi connectivity index (χ0n) is 13.9. The van der Waals surface area contributed by atoms with E-state index in [0.717, 1.165) is 27.4 Å². The van der Waals surface area contributed by atoms with Crippen molar-refractivity contribution in [2.24, 2.45) is 0 Å². The van der Waals surface area contributed by atoms with E-state index in [1.54, 1.807) is 24.3 Å². The Labute approximate surface area is 148 Å². The molecule has 0 spiro atoms. The molecule has 8 heteroatoms. The Kier molecular flexibility index (Phi) is 4.80. The Hall–Kier alpha value is -2.74. The number of amides is 1. The van der Waals surface area contributed by atoms with Crippen molar-refractivity contribution in [2.75, 3.05) is 18.0 Å². The largest absolute Gasteiger partial charge is 0.463 e. The second-order valence-corrected chi connectivity index (χ2v) is 6.65. The van der Waals surface area contributed by atoms with Crippen molar-refractivity contribution < 1.29 is 13.9 Å². The van der Waals surface area contributed by atoms with Gasteiger partial charge in [-0.2, -0.15) is 0 Å². The predicted octanol–water partition coefficient (Wildman–Crippen LogP) is 3.25. The number of allylic oxidation sites excluding steroid dienone is 2. The number of ether oxygens (including phenoxy) is 1. The Morgan fingerprint density at radius 3 is 2.68 bits per heavy atom. The van der Waals surface area contributed by atoms with Gasteiger partial charge in [0.2, 0.25) is 6.86 Å². The van der Waals surface area contributed by atoms with Gasteiger partial charge in [0.15, 0.2) is 0 Å². The molecule has 0 unspecified atom stereocenters. The first-order valence-corrected chi connectivity index (χ1v) is 8.51. The molecule has 5 N–H and O–H groups in total. The van der Waals surface area contributed by atoms with Gasteiger partial charge in [-0.1, -0.05) is 12.1 Å². The fourth-order valence-electron chi connectivity index (χ4n) is 2.53. The summed E-state index contributed by atoms with van der Waals surface area (Å²) in [7, 11) is 0. The second-order valence-electron chi connectivity index (χ2n) is 5.63. The third-order valence-corrected chi connectivity index (χ3v) is 5.17. The maximum Gasteiger partial charge on any atom is 0.263 e. The highest BCUT2D eigenvalue weighted by Gasteiger charge is 2.25. The van der Waals surface area contributed by atoms with Gasteiger partial charge in [-0.05, 0) is 37.1 Å². The molecule has 6 nitrogen and oxygen atoms in total. The van der Waals surface area contributed by atoms with Gasteiger partial charge in [-0.25, -0.2) is 4.39 Å². The number of anilines is 2. The van der Waals surface area contributed by atoms with Crippen LogP contribution >= 0.6 is 11.3 Å². The number of nitrogens with two attached hydrogens (primary N) is 1. The zero-order valence-corrected chi connectivity index (χ0v) is 14.7. The monoisotopic (exact) mass is 362 g/mol. The van der Waals surface area contributed by atoms with Crippen LogP contribution in [0.25, 0.3) is 5.57 Å². The molecule has 1 amide bonds. The number of alkyl halides is 1. The number of hydrazine groups is 1. The highest BCUT2D eigenvalue weighted by molar-refractivity contribution is 7.19. The SMILES string of the molecule is CC1=C(C)c2c(sc(C(=O)NCc3ccc(OCF)cc3)c2N)NN1. The zero-order chi connectivity index (χ0) is 18.0. The van der Waals surface area contributed by atoms with E-state index in [2.05, 4.69) is 16.2 Å². The van der Waals surface area contributed by atoms with Gasteiger partial charge >= 0.3 is 0 Å². The topological polar surface area (TPSA) is 88.4 Å². The normalized spacial score (nSPS) is 12.9. The molecule has 132 valence electrons. The molecule has 1 aromatic carbocycles. The number of carbonyl (C=O) groups excluding carboxylic acids is 1. The van der Waals surface area contributed by atoms with E-state index in [1.165, 1.54) is 11.3 Å². The summed E-state index contributed by atoms with van der Waals surface area (Å²) < 4.78 is 16.9. The molecule has 1 aliphatic heterocycles. The van der Waals surface area contributed by atoms with Gasteiger partial charge in [0.1, 0.15) is 15.6 Å². The summed E-state index contributed by atoms with van der Waals surface area (Å²) in [4.78, 5) is 13.0. The molecule has 0 atom stereocenters. The van der Waals surface area contributed by atoms with Gasteiger partial charge in [0.25, 0.3) is 5.91 Å². The number of nitrogens with one attached hydrogen (secondary N) is 3. The number of halogens is 1. The summed E-state index contributed by atoms with van der Waals surface area (Å²) in [6.07, 6.45) is 0. The second kappa shape index (κ2) is 7.02. The summed E-state index contributed by atoms with van der Waals surface area (Å²) in [6.45, 7) is 3.39. The van der Waals surface area contributed by atoms with Crippen LogP contribution in [0.2, 0.25) is 0 Å². The third-order valence-electron chi connectivity index (χ3n) is 4.05. The molecular formula is C17H19FN4O2S. The number of hydrogen-bond donors (Lipinski definition) is 4. The lowest BCUT2D eigenvalue weighted by atomic mass is 10.1. The van der Waals surface area contributed by atoms with Gasteiger partial charge in [0, 0.05) is 17.8 Å². The van der Waals surface area contributed by atoms with E-state index in [9.17, 15) is 9.18 Å². The van der Waals surface area contributed by atoms with Crippen molar-refractivity contribution in [1.29, 1.82) is 0 Å². The fourth-order valence-corrected chi connectivity index (χ4v) is 3.58. The van der Waals surface area contributed by atoms with Crippen LogP contribution in [-0.2, 0) is 6.54 Å². The van der Waals surface area contributed by atoms with Gasteiger partial charge in [0.05, 0.1) is 5.69 Å². The minimum Gasteiger partial charge on any atom is -0.463 e. The molecule has 0 saturated carbocycles. The first-order valence-electron chi connectivity index (χ1n) is 7.69. The van der Waals surface area contributed by atoms with Crippen molar-refractivity contribution >= 4 is 33.5 Å². The maximum atomic E-state index is 12.5. The van der Waals surface area contributed by atoms with Gasteiger partial charge in [-0.15, -0.1) is 11.3 Å². The Morgan fingerprint density at radius 1 is 1.28 bits per heavy atom. The Bertz CT molecular complexity index is 830. The summed E-state index contributed by atoms with van der Waals surface area (Å²) in [5.74, 6) is 0.220. The van der Waals surface area contributed by atoms with Crippen LogP contribution in [0.15, 0.2) is 30.0 Å². The summed E-state index contributed by atoms with van der Waals surface area (Å²) in [5, 5.41) is 3.69. The van der Waals surface area contributed by atoms with Crippen LogP contribution in [0.5, 0.6) is 5.75 Å². The van der Waals surface area contributed by atoms with E-state index < -0.39 is 6.86 Å². The van der Waals surface area contributed by atoms with E-state index >= 15 is 0 Å². The summed E-state index contributed by atoms with van der Waals surface area (Å²) >= 11 is 1.31. The minimum absolute atomic E-state index is 0.228. The van der Waals surface area contributed by atoms with E-state index in [0.29, 0.717) is 22.9 Å². The predicted molar refractivity (Wildman–Crippen MR) is 98.0 cm³/mol. The van der Waals surface area contributed by atoms with Crippen LogP contribution in [0, 0.1) is 0 Å². The van der Waals surface area contributed by atoms with Gasteiger partial charge in [-0.3, -0.25) is 10.2 Å². The molecule has 1 aromatic heterocycles. The molecule has 1 aliphatic rings. The molecule has 0 aliphatic carbocycles. The summed E-state index contributed by atoms with van der Waals surface area (Å²) in [5.41, 5.74) is 16.5. The number of benzene rings is 1. The molecular weight excluding hydrogens is 343 g/mol. The smallest absolute Gasteiger partial charge is 0.263 e. The average Bonchev–Trinajstić information content (AvgIpc) is 2.95. The number of nitrogen functional groups attached to an aromatic ring is 1. The summed E-state index contributed by atoms with van der Waals surface area (Å²) in [6, 6.07) is 6.86. The highest BCUT2D eigenvalue weighted by Crippen LogP contribution is 2.42. The lowest BCUT2D eigenvalue weighted by Crippen LogP contribution is -2.24. The van der Waals surface area contributed by atoms with Crippen LogP contribution < -0.4 is 26.6 Å². The average molecular weight is 362 g/mol. The maximum absolute atomic E-state index is 12.5. The van der Waals surface area contributed by atoms with Crippen LogP contribution in [0.4, 0.5) is 15.1 Å². The number of thiophene rings is 1. The van der Waals surface area contributed by atoms with Crippen molar-refractivity contribution in [3.8, 4) is 5.75 Å². The Balaban J connectivity index is 1.71. The van der Waals surface area contributed by atoms with Crippen molar-refractivity contribution in [3.05, 3.63) is 46.0 Å². The quantitative estimate of drug-likeness (QED) is 0.656. The lowest BCUT2D eigenvalue weighted by molar-refractivity contribution is 0.0956.